The van der Waals surface area contributed by atoms with Crippen LogP contribution in [0.5, 0.6) is 0 Å². The maximum atomic E-state index is 12.6. The summed E-state index contributed by atoms with van der Waals surface area (Å²) in [5.41, 5.74) is 2.20. The predicted octanol–water partition coefficient (Wildman–Crippen LogP) is 3.14. The molecule has 0 aliphatic carbocycles. The Hall–Kier alpha value is -3.46. The number of aryl methyl sites for hydroxylation is 1. The Labute approximate surface area is 168 Å². The molecule has 9 heteroatoms. The third kappa shape index (κ3) is 4.69. The lowest BCUT2D eigenvalue weighted by molar-refractivity contribution is -0.114. The Balaban J connectivity index is 1.82. The summed E-state index contributed by atoms with van der Waals surface area (Å²) in [6, 6.07) is 14.1. The van der Waals surface area contributed by atoms with Crippen molar-refractivity contribution in [1.82, 2.24) is 9.78 Å². The molecule has 0 unspecified atom stereocenters. The van der Waals surface area contributed by atoms with E-state index in [0.29, 0.717) is 22.8 Å². The first-order valence-corrected chi connectivity index (χ1v) is 10.2. The van der Waals surface area contributed by atoms with Gasteiger partial charge in [-0.1, -0.05) is 12.1 Å². The van der Waals surface area contributed by atoms with E-state index >= 15 is 0 Å². The van der Waals surface area contributed by atoms with Crippen molar-refractivity contribution in [2.45, 2.75) is 25.7 Å². The second kappa shape index (κ2) is 7.88. The number of benzene rings is 2. The number of anilines is 2. The van der Waals surface area contributed by atoms with E-state index in [9.17, 15) is 18.0 Å². The van der Waals surface area contributed by atoms with Crippen LogP contribution in [0.2, 0.25) is 0 Å². The van der Waals surface area contributed by atoms with Crippen LogP contribution in [0, 0.1) is 6.92 Å². The Morgan fingerprint density at radius 3 is 2.14 bits per heavy atom. The van der Waals surface area contributed by atoms with E-state index in [4.69, 9.17) is 0 Å². The molecule has 1 aromatic heterocycles. The summed E-state index contributed by atoms with van der Waals surface area (Å²) >= 11 is 0. The van der Waals surface area contributed by atoms with Crippen LogP contribution in [0.3, 0.4) is 0 Å². The van der Waals surface area contributed by atoms with Crippen molar-refractivity contribution < 1.29 is 18.0 Å². The first-order valence-electron chi connectivity index (χ1n) is 8.74. The van der Waals surface area contributed by atoms with Gasteiger partial charge in [-0.25, -0.2) is 13.1 Å². The van der Waals surface area contributed by atoms with Gasteiger partial charge in [-0.3, -0.25) is 14.3 Å². The lowest BCUT2D eigenvalue weighted by Crippen LogP contribution is -2.13. The van der Waals surface area contributed by atoms with Crippen LogP contribution in [0.4, 0.5) is 11.5 Å². The summed E-state index contributed by atoms with van der Waals surface area (Å²) in [5.74, 6) is 0.171. The van der Waals surface area contributed by atoms with Gasteiger partial charge in [0, 0.05) is 24.2 Å². The molecule has 8 nitrogen and oxygen atoms in total. The zero-order valence-corrected chi connectivity index (χ0v) is 16.9. The summed E-state index contributed by atoms with van der Waals surface area (Å²) in [4.78, 5) is 22.8. The topological polar surface area (TPSA) is 110 Å². The molecule has 0 aliphatic rings. The highest BCUT2D eigenvalue weighted by atomic mass is 32.2. The lowest BCUT2D eigenvalue weighted by atomic mass is 10.2. The fraction of sp³-hybridized carbons (Fsp3) is 0.150. The van der Waals surface area contributed by atoms with E-state index in [0.717, 1.165) is 5.69 Å². The van der Waals surface area contributed by atoms with Gasteiger partial charge >= 0.3 is 0 Å². The molecule has 0 saturated carbocycles. The molecule has 150 valence electrons. The molecule has 1 amide bonds. The monoisotopic (exact) mass is 412 g/mol. The highest BCUT2D eigenvalue weighted by Gasteiger charge is 2.15. The van der Waals surface area contributed by atoms with Crippen molar-refractivity contribution in [1.29, 1.82) is 0 Å². The van der Waals surface area contributed by atoms with Gasteiger partial charge in [0.2, 0.25) is 5.91 Å². The van der Waals surface area contributed by atoms with Gasteiger partial charge in [0.1, 0.15) is 5.82 Å². The van der Waals surface area contributed by atoms with Crippen LogP contribution in [-0.4, -0.2) is 29.9 Å². The van der Waals surface area contributed by atoms with Gasteiger partial charge in [0.15, 0.2) is 5.78 Å². The van der Waals surface area contributed by atoms with Gasteiger partial charge in [-0.2, -0.15) is 5.10 Å². The summed E-state index contributed by atoms with van der Waals surface area (Å²) in [6.45, 7) is 4.64. The minimum atomic E-state index is -3.79. The number of hydrogen-bond acceptors (Lipinski definition) is 5. The van der Waals surface area contributed by atoms with Gasteiger partial charge < -0.3 is 5.32 Å². The molecule has 0 aliphatic heterocycles. The molecule has 2 aromatic carbocycles. The molecule has 0 spiro atoms. The predicted molar refractivity (Wildman–Crippen MR) is 110 cm³/mol. The number of rotatable bonds is 6. The Kier molecular flexibility index (Phi) is 5.51. The van der Waals surface area contributed by atoms with E-state index in [1.54, 1.807) is 35.0 Å². The van der Waals surface area contributed by atoms with Crippen LogP contribution in [0.15, 0.2) is 59.5 Å². The van der Waals surface area contributed by atoms with Gasteiger partial charge in [0.25, 0.3) is 10.0 Å². The van der Waals surface area contributed by atoms with E-state index in [1.165, 1.54) is 38.1 Å². The smallest absolute Gasteiger partial charge is 0.261 e. The molecule has 29 heavy (non-hydrogen) atoms. The van der Waals surface area contributed by atoms with Gasteiger partial charge in [0.05, 0.1) is 16.3 Å². The van der Waals surface area contributed by atoms with Crippen molar-refractivity contribution >= 4 is 33.2 Å². The number of ketones is 1. The standard InChI is InChI=1S/C20H20N4O4S/c1-13-12-20(21-15(3)26)24(22-13)18-8-6-17(7-9-18)23-29(27,28)19-10-4-16(5-11-19)14(2)25/h4-12,23H,1-3H3,(H,21,26). The number of carbonyl (C=O) groups excluding carboxylic acids is 2. The number of carbonyl (C=O) groups is 2. The molecule has 2 N–H and O–H groups in total. The minimum Gasteiger partial charge on any atom is -0.311 e. The SMILES string of the molecule is CC(=O)Nc1cc(C)nn1-c1ccc(NS(=O)(=O)c2ccc(C(C)=O)cc2)cc1. The number of aromatic nitrogens is 2. The number of Topliss-reactive ketones (excluding diaryl/α,β-unsaturated/α-hetero) is 1. The summed E-state index contributed by atoms with van der Waals surface area (Å²) in [5, 5.41) is 7.05. The summed E-state index contributed by atoms with van der Waals surface area (Å²) in [7, 11) is -3.79. The van der Waals surface area contributed by atoms with Crippen LogP contribution >= 0.6 is 0 Å². The summed E-state index contributed by atoms with van der Waals surface area (Å²) < 4.78 is 29.2. The zero-order chi connectivity index (χ0) is 21.2. The van der Waals surface area contributed by atoms with Crippen molar-refractivity contribution in [2.75, 3.05) is 10.0 Å². The number of sulfonamides is 1. The third-order valence-electron chi connectivity index (χ3n) is 4.07. The molecular formula is C20H20N4O4S. The molecule has 0 atom stereocenters. The largest absolute Gasteiger partial charge is 0.311 e. The van der Waals surface area contributed by atoms with E-state index in [-0.39, 0.29) is 16.6 Å². The molecule has 0 bridgehead atoms. The number of hydrogen-bond donors (Lipinski definition) is 2. The first-order chi connectivity index (χ1) is 13.7. The number of amides is 1. The zero-order valence-electron chi connectivity index (χ0n) is 16.1. The quantitative estimate of drug-likeness (QED) is 0.605. The van der Waals surface area contributed by atoms with Crippen LogP contribution in [0.1, 0.15) is 29.9 Å². The molecule has 3 rings (SSSR count). The Morgan fingerprint density at radius 2 is 1.59 bits per heavy atom. The highest BCUT2D eigenvalue weighted by molar-refractivity contribution is 7.92. The fourth-order valence-electron chi connectivity index (χ4n) is 2.72. The fourth-order valence-corrected chi connectivity index (χ4v) is 3.78. The van der Waals surface area contributed by atoms with Crippen LogP contribution < -0.4 is 10.0 Å². The third-order valence-corrected chi connectivity index (χ3v) is 5.47. The van der Waals surface area contributed by atoms with Crippen molar-refractivity contribution in [2.24, 2.45) is 0 Å². The lowest BCUT2D eigenvalue weighted by Gasteiger charge is -2.11. The second-order valence-corrected chi connectivity index (χ2v) is 8.18. The molecule has 0 radical (unpaired) electrons. The highest BCUT2D eigenvalue weighted by Crippen LogP contribution is 2.21. The van der Waals surface area contributed by atoms with Crippen molar-refractivity contribution in [3.05, 3.63) is 65.9 Å². The van der Waals surface area contributed by atoms with Gasteiger partial charge in [-0.15, -0.1) is 0 Å². The number of nitrogens with one attached hydrogen (secondary N) is 2. The van der Waals surface area contributed by atoms with Crippen molar-refractivity contribution in [3.63, 3.8) is 0 Å². The average molecular weight is 412 g/mol. The molecule has 0 saturated heterocycles. The maximum Gasteiger partial charge on any atom is 0.261 e. The van der Waals surface area contributed by atoms with Crippen LogP contribution in [-0.2, 0) is 14.8 Å². The second-order valence-electron chi connectivity index (χ2n) is 6.50. The molecule has 0 fully saturated rings. The first kappa shape index (κ1) is 20.3. The van der Waals surface area contributed by atoms with E-state index < -0.39 is 10.0 Å². The molecule has 1 heterocycles. The van der Waals surface area contributed by atoms with Crippen LogP contribution in [0.25, 0.3) is 5.69 Å². The van der Waals surface area contributed by atoms with E-state index in [2.05, 4.69) is 15.1 Å². The maximum absolute atomic E-state index is 12.6. The summed E-state index contributed by atoms with van der Waals surface area (Å²) in [6.07, 6.45) is 0. The minimum absolute atomic E-state index is 0.0576. The Bertz CT molecular complexity index is 1160. The molecule has 3 aromatic rings. The normalized spacial score (nSPS) is 11.1. The number of nitrogens with zero attached hydrogens (tertiary/aromatic N) is 2. The average Bonchev–Trinajstić information content (AvgIpc) is 3.01. The Morgan fingerprint density at radius 1 is 0.966 bits per heavy atom. The van der Waals surface area contributed by atoms with E-state index in [1.807, 2.05) is 6.92 Å². The van der Waals surface area contributed by atoms with Crippen molar-refractivity contribution in [3.8, 4) is 5.69 Å². The van der Waals surface area contributed by atoms with Gasteiger partial charge in [-0.05, 0) is 50.2 Å². The molecular weight excluding hydrogens is 392 g/mol.